The third-order valence-corrected chi connectivity index (χ3v) is 4.14. The van der Waals surface area contributed by atoms with Crippen LogP contribution in [0.1, 0.15) is 44.3 Å². The van der Waals surface area contributed by atoms with E-state index in [-0.39, 0.29) is 5.91 Å². The fraction of sp³-hybridized carbons (Fsp3) is 0.500. The van der Waals surface area contributed by atoms with Crippen molar-refractivity contribution in [3.63, 3.8) is 0 Å². The molecule has 1 aliphatic rings. The Morgan fingerprint density at radius 3 is 3.00 bits per heavy atom. The third-order valence-electron chi connectivity index (χ3n) is 4.14. The number of amides is 1. The van der Waals surface area contributed by atoms with E-state index in [1.54, 1.807) is 0 Å². The molecule has 1 fully saturated rings. The van der Waals surface area contributed by atoms with E-state index in [0.29, 0.717) is 6.42 Å². The molecule has 0 saturated heterocycles. The van der Waals surface area contributed by atoms with Gasteiger partial charge in [0.25, 0.3) is 0 Å². The summed E-state index contributed by atoms with van der Waals surface area (Å²) in [7, 11) is 0. The first-order chi connectivity index (χ1) is 9.70. The summed E-state index contributed by atoms with van der Waals surface area (Å²) in [6.45, 7) is 1.93. The minimum Gasteiger partial charge on any atom is -0.342 e. The molecule has 2 N–H and O–H groups in total. The summed E-state index contributed by atoms with van der Waals surface area (Å²) in [6.07, 6.45) is 6.92. The van der Waals surface area contributed by atoms with Crippen molar-refractivity contribution >= 4 is 22.6 Å². The maximum atomic E-state index is 12.0. The number of hydrogen-bond acceptors (Lipinski definition) is 2. The molecule has 0 unspecified atom stereocenters. The lowest BCUT2D eigenvalue weighted by molar-refractivity contribution is -0.116. The quantitative estimate of drug-likeness (QED) is 0.889. The monoisotopic (exact) mass is 271 g/mol. The summed E-state index contributed by atoms with van der Waals surface area (Å²) in [6, 6.07) is 5.80. The van der Waals surface area contributed by atoms with Crippen LogP contribution in [0, 0.1) is 12.8 Å². The van der Waals surface area contributed by atoms with E-state index in [9.17, 15) is 4.79 Å². The molecule has 0 atom stereocenters. The Bertz CT molecular complexity index is 611. The fourth-order valence-electron chi connectivity index (χ4n) is 3.07. The molecule has 1 saturated carbocycles. The van der Waals surface area contributed by atoms with Crippen molar-refractivity contribution in [2.75, 3.05) is 5.32 Å². The second-order valence-electron chi connectivity index (χ2n) is 5.79. The van der Waals surface area contributed by atoms with Crippen molar-refractivity contribution in [3.8, 4) is 0 Å². The SMILES string of the molecule is Cc1nc2ccc(NC(=O)CCC3CCCC3)cc2[nH]1. The molecule has 1 aliphatic carbocycles. The molecule has 0 bridgehead atoms. The van der Waals surface area contributed by atoms with Crippen molar-refractivity contribution in [2.45, 2.75) is 45.4 Å². The molecule has 1 aromatic carbocycles. The van der Waals surface area contributed by atoms with Crippen LogP contribution in [0.4, 0.5) is 5.69 Å². The van der Waals surface area contributed by atoms with Gasteiger partial charge in [-0.05, 0) is 37.5 Å². The van der Waals surface area contributed by atoms with Gasteiger partial charge in [0.1, 0.15) is 5.82 Å². The van der Waals surface area contributed by atoms with Crippen LogP contribution in [-0.2, 0) is 4.79 Å². The molecule has 1 amide bonds. The van der Waals surface area contributed by atoms with Gasteiger partial charge in [-0.3, -0.25) is 4.79 Å². The first kappa shape index (κ1) is 13.2. The number of nitrogens with one attached hydrogen (secondary N) is 2. The number of hydrogen-bond donors (Lipinski definition) is 2. The van der Waals surface area contributed by atoms with Crippen LogP contribution in [0.5, 0.6) is 0 Å². The molecular formula is C16H21N3O. The standard InChI is InChI=1S/C16H21N3O/c1-11-17-14-8-7-13(10-15(14)18-11)19-16(20)9-6-12-4-2-3-5-12/h7-8,10,12H,2-6,9H2,1H3,(H,17,18)(H,19,20). The highest BCUT2D eigenvalue weighted by Crippen LogP contribution is 2.28. The number of carbonyl (C=O) groups is 1. The predicted octanol–water partition coefficient (Wildman–Crippen LogP) is 3.78. The van der Waals surface area contributed by atoms with Crippen molar-refractivity contribution in [2.24, 2.45) is 5.92 Å². The van der Waals surface area contributed by atoms with E-state index >= 15 is 0 Å². The van der Waals surface area contributed by atoms with Crippen molar-refractivity contribution in [1.82, 2.24) is 9.97 Å². The van der Waals surface area contributed by atoms with E-state index in [2.05, 4.69) is 15.3 Å². The second-order valence-corrected chi connectivity index (χ2v) is 5.79. The first-order valence-corrected chi connectivity index (χ1v) is 7.47. The van der Waals surface area contributed by atoms with Gasteiger partial charge >= 0.3 is 0 Å². The average molecular weight is 271 g/mol. The minimum absolute atomic E-state index is 0.118. The average Bonchev–Trinajstić information content (AvgIpc) is 3.04. The molecule has 3 rings (SSSR count). The van der Waals surface area contributed by atoms with E-state index in [4.69, 9.17) is 0 Å². The zero-order chi connectivity index (χ0) is 13.9. The van der Waals surface area contributed by atoms with Gasteiger partial charge in [-0.25, -0.2) is 4.98 Å². The Balaban J connectivity index is 1.58. The van der Waals surface area contributed by atoms with Gasteiger partial charge in [0.15, 0.2) is 0 Å². The van der Waals surface area contributed by atoms with Gasteiger partial charge in [0.2, 0.25) is 5.91 Å². The number of benzene rings is 1. The van der Waals surface area contributed by atoms with Crippen LogP contribution >= 0.6 is 0 Å². The van der Waals surface area contributed by atoms with Crippen molar-refractivity contribution in [3.05, 3.63) is 24.0 Å². The maximum Gasteiger partial charge on any atom is 0.224 e. The number of H-pyrrole nitrogens is 1. The molecule has 0 spiro atoms. The fourth-order valence-corrected chi connectivity index (χ4v) is 3.07. The number of nitrogens with zero attached hydrogens (tertiary/aromatic N) is 1. The molecule has 4 nitrogen and oxygen atoms in total. The van der Waals surface area contributed by atoms with E-state index in [1.807, 2.05) is 25.1 Å². The highest BCUT2D eigenvalue weighted by atomic mass is 16.1. The Hall–Kier alpha value is -1.84. The molecule has 0 aliphatic heterocycles. The Labute approximate surface area is 119 Å². The van der Waals surface area contributed by atoms with Crippen LogP contribution in [0.2, 0.25) is 0 Å². The lowest BCUT2D eigenvalue weighted by Crippen LogP contribution is -2.12. The zero-order valence-corrected chi connectivity index (χ0v) is 11.9. The number of aromatic amines is 1. The number of anilines is 1. The summed E-state index contributed by atoms with van der Waals surface area (Å²) in [5.74, 6) is 1.77. The number of aromatic nitrogens is 2. The molecule has 4 heteroatoms. The molecule has 1 heterocycles. The largest absolute Gasteiger partial charge is 0.342 e. The minimum atomic E-state index is 0.118. The van der Waals surface area contributed by atoms with E-state index < -0.39 is 0 Å². The molecular weight excluding hydrogens is 250 g/mol. The zero-order valence-electron chi connectivity index (χ0n) is 11.9. The lowest BCUT2D eigenvalue weighted by Gasteiger charge is -2.09. The summed E-state index contributed by atoms with van der Waals surface area (Å²) < 4.78 is 0. The number of imidazole rings is 1. The normalized spacial score (nSPS) is 15.8. The second kappa shape index (κ2) is 5.65. The smallest absolute Gasteiger partial charge is 0.224 e. The molecule has 20 heavy (non-hydrogen) atoms. The number of rotatable bonds is 4. The Morgan fingerprint density at radius 2 is 2.20 bits per heavy atom. The van der Waals surface area contributed by atoms with Gasteiger partial charge < -0.3 is 10.3 Å². The van der Waals surface area contributed by atoms with Crippen LogP contribution in [0.15, 0.2) is 18.2 Å². The molecule has 1 aromatic heterocycles. The van der Waals surface area contributed by atoms with Gasteiger partial charge in [0, 0.05) is 12.1 Å². The van der Waals surface area contributed by atoms with E-state index in [0.717, 1.165) is 34.9 Å². The summed E-state index contributed by atoms with van der Waals surface area (Å²) >= 11 is 0. The van der Waals surface area contributed by atoms with Gasteiger partial charge in [-0.15, -0.1) is 0 Å². The van der Waals surface area contributed by atoms with Crippen LogP contribution in [0.25, 0.3) is 11.0 Å². The number of fused-ring (bicyclic) bond motifs is 1. The van der Waals surface area contributed by atoms with Gasteiger partial charge in [-0.1, -0.05) is 25.7 Å². The Morgan fingerprint density at radius 1 is 1.40 bits per heavy atom. The van der Waals surface area contributed by atoms with Crippen molar-refractivity contribution in [1.29, 1.82) is 0 Å². The Kier molecular flexibility index (Phi) is 3.72. The van der Waals surface area contributed by atoms with Crippen molar-refractivity contribution < 1.29 is 4.79 Å². The lowest BCUT2D eigenvalue weighted by atomic mass is 10.0. The van der Waals surface area contributed by atoms with Gasteiger partial charge in [-0.2, -0.15) is 0 Å². The summed E-state index contributed by atoms with van der Waals surface area (Å²) in [4.78, 5) is 19.5. The molecule has 2 aromatic rings. The molecule has 106 valence electrons. The summed E-state index contributed by atoms with van der Waals surface area (Å²) in [5.41, 5.74) is 2.75. The van der Waals surface area contributed by atoms with Crippen LogP contribution in [-0.4, -0.2) is 15.9 Å². The predicted molar refractivity (Wildman–Crippen MR) is 80.7 cm³/mol. The topological polar surface area (TPSA) is 57.8 Å². The van der Waals surface area contributed by atoms with Crippen LogP contribution < -0.4 is 5.32 Å². The summed E-state index contributed by atoms with van der Waals surface area (Å²) in [5, 5.41) is 2.98. The number of carbonyl (C=O) groups excluding carboxylic acids is 1. The highest BCUT2D eigenvalue weighted by Gasteiger charge is 2.16. The number of aryl methyl sites for hydroxylation is 1. The van der Waals surface area contributed by atoms with Gasteiger partial charge in [0.05, 0.1) is 11.0 Å². The third kappa shape index (κ3) is 3.00. The van der Waals surface area contributed by atoms with Crippen LogP contribution in [0.3, 0.4) is 0 Å². The first-order valence-electron chi connectivity index (χ1n) is 7.47. The van der Waals surface area contributed by atoms with E-state index in [1.165, 1.54) is 25.7 Å². The molecule has 0 radical (unpaired) electrons. The maximum absolute atomic E-state index is 12.0. The highest BCUT2D eigenvalue weighted by molar-refractivity contribution is 5.93.